The maximum absolute atomic E-state index is 13.0. The van der Waals surface area contributed by atoms with Gasteiger partial charge in [-0.15, -0.1) is 0 Å². The first-order valence-electron chi connectivity index (χ1n) is 10.6. The standard InChI is InChI=1S/C27H24O8/c1-15-8-21(34-27(29)17-9-19(31-3)12-20(10-17)32-4)14-23-25(15)26(28)24(35-23)11-16-6-7-18(30-2)13-22(16)33-5/h6-14H,1-5H3/b24-11-. The molecular formula is C27H24O8. The van der Waals surface area contributed by atoms with Crippen molar-refractivity contribution in [2.75, 3.05) is 28.4 Å². The number of ether oxygens (including phenoxy) is 6. The second kappa shape index (κ2) is 9.80. The van der Waals surface area contributed by atoms with Crippen molar-refractivity contribution >= 4 is 17.8 Å². The van der Waals surface area contributed by atoms with Gasteiger partial charge in [-0.2, -0.15) is 0 Å². The van der Waals surface area contributed by atoms with Crippen LogP contribution in [0, 0.1) is 6.92 Å². The molecule has 0 saturated heterocycles. The van der Waals surface area contributed by atoms with Crippen molar-refractivity contribution < 1.29 is 38.0 Å². The van der Waals surface area contributed by atoms with Crippen molar-refractivity contribution in [1.29, 1.82) is 0 Å². The Morgan fingerprint density at radius 3 is 2.11 bits per heavy atom. The smallest absolute Gasteiger partial charge is 0.343 e. The number of rotatable bonds is 7. The van der Waals surface area contributed by atoms with Crippen LogP contribution in [0.3, 0.4) is 0 Å². The number of carbonyl (C=O) groups is 2. The number of ketones is 1. The topological polar surface area (TPSA) is 89.5 Å². The SMILES string of the molecule is COc1cc(OC)cc(C(=O)Oc2cc(C)c3c(c2)O/C(=C\c2ccc(OC)cc2OC)C3=O)c1. The first kappa shape index (κ1) is 23.7. The number of carbonyl (C=O) groups excluding carboxylic acids is 2. The molecule has 1 aliphatic rings. The predicted molar refractivity (Wildman–Crippen MR) is 128 cm³/mol. The summed E-state index contributed by atoms with van der Waals surface area (Å²) >= 11 is 0. The maximum atomic E-state index is 13.0. The summed E-state index contributed by atoms with van der Waals surface area (Å²) in [6.45, 7) is 1.75. The molecular weight excluding hydrogens is 452 g/mol. The number of Topliss-reactive ketones (excluding diaryl/α,β-unsaturated/α-hetero) is 1. The van der Waals surface area contributed by atoms with Crippen LogP contribution in [0.1, 0.15) is 31.8 Å². The molecule has 4 rings (SSSR count). The summed E-state index contributed by atoms with van der Waals surface area (Å²) < 4.78 is 32.5. The average molecular weight is 476 g/mol. The van der Waals surface area contributed by atoms with Gasteiger partial charge >= 0.3 is 5.97 Å². The van der Waals surface area contributed by atoms with Crippen LogP contribution in [-0.2, 0) is 0 Å². The van der Waals surface area contributed by atoms with Crippen LogP contribution in [-0.4, -0.2) is 40.2 Å². The second-order valence-corrected chi connectivity index (χ2v) is 7.65. The van der Waals surface area contributed by atoms with E-state index < -0.39 is 5.97 Å². The number of methoxy groups -OCH3 is 4. The lowest BCUT2D eigenvalue weighted by molar-refractivity contribution is 0.0733. The number of aryl methyl sites for hydroxylation is 1. The molecule has 0 unspecified atom stereocenters. The third-order valence-electron chi connectivity index (χ3n) is 5.47. The van der Waals surface area contributed by atoms with E-state index in [0.29, 0.717) is 45.4 Å². The fourth-order valence-corrected chi connectivity index (χ4v) is 3.71. The summed E-state index contributed by atoms with van der Waals surface area (Å²) in [4.78, 5) is 25.8. The van der Waals surface area contributed by atoms with Crippen LogP contribution in [0.15, 0.2) is 54.3 Å². The van der Waals surface area contributed by atoms with Crippen molar-refractivity contribution in [1.82, 2.24) is 0 Å². The molecule has 1 aliphatic heterocycles. The highest BCUT2D eigenvalue weighted by Crippen LogP contribution is 2.39. The fourth-order valence-electron chi connectivity index (χ4n) is 3.71. The molecule has 8 nitrogen and oxygen atoms in total. The van der Waals surface area contributed by atoms with Crippen molar-refractivity contribution in [3.63, 3.8) is 0 Å². The molecule has 180 valence electrons. The monoisotopic (exact) mass is 476 g/mol. The number of esters is 1. The lowest BCUT2D eigenvalue weighted by Gasteiger charge is -2.10. The van der Waals surface area contributed by atoms with E-state index in [-0.39, 0.29) is 22.9 Å². The lowest BCUT2D eigenvalue weighted by Crippen LogP contribution is -2.09. The normalized spacial score (nSPS) is 13.2. The van der Waals surface area contributed by atoms with Crippen LogP contribution < -0.4 is 28.4 Å². The van der Waals surface area contributed by atoms with Gasteiger partial charge in [0.25, 0.3) is 0 Å². The fraction of sp³-hybridized carbons (Fsp3) is 0.185. The lowest BCUT2D eigenvalue weighted by atomic mass is 10.0. The van der Waals surface area contributed by atoms with Gasteiger partial charge in [0.2, 0.25) is 5.78 Å². The molecule has 0 amide bonds. The van der Waals surface area contributed by atoms with Gasteiger partial charge < -0.3 is 28.4 Å². The predicted octanol–water partition coefficient (Wildman–Crippen LogP) is 4.86. The molecule has 3 aromatic carbocycles. The maximum Gasteiger partial charge on any atom is 0.343 e. The molecule has 1 heterocycles. The molecule has 0 spiro atoms. The van der Waals surface area contributed by atoms with Crippen molar-refractivity contribution in [2.45, 2.75) is 6.92 Å². The van der Waals surface area contributed by atoms with Crippen LogP contribution in [0.4, 0.5) is 0 Å². The molecule has 0 bridgehead atoms. The minimum absolute atomic E-state index is 0.132. The Labute approximate surface area is 202 Å². The molecule has 0 aromatic heterocycles. The zero-order valence-corrected chi connectivity index (χ0v) is 20.0. The van der Waals surface area contributed by atoms with Gasteiger partial charge in [-0.05, 0) is 48.9 Å². The molecule has 8 heteroatoms. The van der Waals surface area contributed by atoms with E-state index in [1.54, 1.807) is 62.6 Å². The molecule has 0 radical (unpaired) electrons. The zero-order valence-electron chi connectivity index (χ0n) is 20.0. The van der Waals surface area contributed by atoms with Gasteiger partial charge in [0.05, 0.1) is 39.6 Å². The van der Waals surface area contributed by atoms with Crippen molar-refractivity contribution in [2.24, 2.45) is 0 Å². The van der Waals surface area contributed by atoms with E-state index >= 15 is 0 Å². The molecule has 3 aromatic rings. The number of hydrogen-bond donors (Lipinski definition) is 0. The van der Waals surface area contributed by atoms with Gasteiger partial charge in [-0.25, -0.2) is 4.79 Å². The van der Waals surface area contributed by atoms with E-state index in [2.05, 4.69) is 0 Å². The Morgan fingerprint density at radius 2 is 1.49 bits per heavy atom. The highest BCUT2D eigenvalue weighted by molar-refractivity contribution is 6.15. The van der Waals surface area contributed by atoms with Gasteiger partial charge in [0.1, 0.15) is 34.5 Å². The van der Waals surface area contributed by atoms with E-state index in [0.717, 1.165) is 0 Å². The Balaban J connectivity index is 1.61. The van der Waals surface area contributed by atoms with Crippen molar-refractivity contribution in [3.8, 4) is 34.5 Å². The summed E-state index contributed by atoms with van der Waals surface area (Å²) in [5.74, 6) is 1.87. The number of fused-ring (bicyclic) bond motifs is 1. The summed E-state index contributed by atoms with van der Waals surface area (Å²) in [5, 5.41) is 0. The van der Waals surface area contributed by atoms with Crippen LogP contribution in [0.25, 0.3) is 6.08 Å². The third-order valence-corrected chi connectivity index (χ3v) is 5.47. The summed E-state index contributed by atoms with van der Waals surface area (Å²) in [6, 6.07) is 13.1. The van der Waals surface area contributed by atoms with E-state index in [4.69, 9.17) is 28.4 Å². The second-order valence-electron chi connectivity index (χ2n) is 7.65. The van der Waals surface area contributed by atoms with E-state index in [1.165, 1.54) is 27.4 Å². The van der Waals surface area contributed by atoms with Crippen molar-refractivity contribution in [3.05, 3.63) is 76.5 Å². The molecule has 35 heavy (non-hydrogen) atoms. The Morgan fingerprint density at radius 1 is 0.800 bits per heavy atom. The largest absolute Gasteiger partial charge is 0.497 e. The van der Waals surface area contributed by atoms with Crippen LogP contribution >= 0.6 is 0 Å². The van der Waals surface area contributed by atoms with Gasteiger partial charge in [0.15, 0.2) is 5.76 Å². The number of benzene rings is 3. The average Bonchev–Trinajstić information content (AvgIpc) is 3.18. The molecule has 0 N–H and O–H groups in total. The highest BCUT2D eigenvalue weighted by atomic mass is 16.5. The molecule has 0 saturated carbocycles. The van der Waals surface area contributed by atoms with Crippen LogP contribution in [0.2, 0.25) is 0 Å². The number of allylic oxidation sites excluding steroid dienone is 1. The summed E-state index contributed by atoms with van der Waals surface area (Å²) in [7, 11) is 6.08. The van der Waals surface area contributed by atoms with E-state index in [1.807, 2.05) is 0 Å². The quantitative estimate of drug-likeness (QED) is 0.271. The minimum Gasteiger partial charge on any atom is -0.497 e. The molecule has 0 fully saturated rings. The summed E-state index contributed by atoms with van der Waals surface area (Å²) in [6.07, 6.45) is 1.61. The zero-order chi connectivity index (χ0) is 25.1. The highest BCUT2D eigenvalue weighted by Gasteiger charge is 2.30. The van der Waals surface area contributed by atoms with Gasteiger partial charge in [-0.1, -0.05) is 0 Å². The Hall–Kier alpha value is -4.46. The Bertz CT molecular complexity index is 1320. The molecule has 0 aliphatic carbocycles. The first-order valence-corrected chi connectivity index (χ1v) is 10.6. The number of hydrogen-bond acceptors (Lipinski definition) is 8. The first-order chi connectivity index (χ1) is 16.9. The van der Waals surface area contributed by atoms with E-state index in [9.17, 15) is 9.59 Å². The summed E-state index contributed by atoms with van der Waals surface area (Å²) in [5.41, 5.74) is 1.93. The minimum atomic E-state index is -0.607. The third kappa shape index (κ3) is 4.77. The molecule has 0 atom stereocenters. The van der Waals surface area contributed by atoms with Crippen LogP contribution in [0.5, 0.6) is 34.5 Å². The van der Waals surface area contributed by atoms with Gasteiger partial charge in [-0.3, -0.25) is 4.79 Å². The van der Waals surface area contributed by atoms with Gasteiger partial charge in [0, 0.05) is 23.8 Å². The Kier molecular flexibility index (Phi) is 6.64.